The van der Waals surface area contributed by atoms with E-state index in [1.54, 1.807) is 0 Å². The van der Waals surface area contributed by atoms with Crippen LogP contribution in [0.5, 0.6) is 0 Å². The Balaban J connectivity index is 4.06. The maximum Gasteiger partial charge on any atom is 0.154 e. The zero-order chi connectivity index (χ0) is 10.1. The molecule has 2 N–H and O–H groups in total. The van der Waals surface area contributed by atoms with Gasteiger partial charge < -0.3 is 5.84 Å². The largest absolute Gasteiger partial charge is 0.322 e. The standard InChI is InChI=1S/C9H14N4/c1-2-3-4-5-8(6-10)9(7-11)13-12/h8H,2-5,12H2,1H3. The lowest BCUT2D eigenvalue weighted by Gasteiger charge is -2.04. The van der Waals surface area contributed by atoms with E-state index in [1.807, 2.05) is 12.1 Å². The molecule has 0 heterocycles. The fourth-order valence-corrected chi connectivity index (χ4v) is 1.06. The summed E-state index contributed by atoms with van der Waals surface area (Å²) in [5.74, 6) is 4.55. The Morgan fingerprint density at radius 3 is 2.54 bits per heavy atom. The van der Waals surface area contributed by atoms with Crippen molar-refractivity contribution in [2.24, 2.45) is 16.9 Å². The van der Waals surface area contributed by atoms with Gasteiger partial charge in [-0.15, -0.1) is 0 Å². The monoisotopic (exact) mass is 178 g/mol. The molecule has 4 heteroatoms. The van der Waals surface area contributed by atoms with Crippen LogP contribution in [0.2, 0.25) is 0 Å². The average Bonchev–Trinajstić information content (AvgIpc) is 2.17. The summed E-state index contributed by atoms with van der Waals surface area (Å²) in [4.78, 5) is 0. The van der Waals surface area contributed by atoms with Gasteiger partial charge in [0, 0.05) is 0 Å². The highest BCUT2D eigenvalue weighted by Crippen LogP contribution is 2.10. The molecule has 0 rings (SSSR count). The van der Waals surface area contributed by atoms with E-state index in [0.717, 1.165) is 19.3 Å². The second-order valence-electron chi connectivity index (χ2n) is 2.80. The lowest BCUT2D eigenvalue weighted by Crippen LogP contribution is -2.12. The van der Waals surface area contributed by atoms with Crippen LogP contribution in [-0.4, -0.2) is 5.71 Å². The van der Waals surface area contributed by atoms with Crippen molar-refractivity contribution in [2.45, 2.75) is 32.6 Å². The molecule has 4 nitrogen and oxygen atoms in total. The minimum absolute atomic E-state index is 0.138. The summed E-state index contributed by atoms with van der Waals surface area (Å²) in [6.45, 7) is 2.09. The number of rotatable bonds is 5. The third-order valence-electron chi connectivity index (χ3n) is 1.84. The van der Waals surface area contributed by atoms with Gasteiger partial charge in [-0.05, 0) is 6.42 Å². The molecule has 0 aromatic rings. The highest BCUT2D eigenvalue weighted by Gasteiger charge is 2.14. The van der Waals surface area contributed by atoms with Gasteiger partial charge in [-0.3, -0.25) is 0 Å². The number of hydrogen-bond acceptors (Lipinski definition) is 4. The molecule has 0 saturated carbocycles. The van der Waals surface area contributed by atoms with Gasteiger partial charge in [0.1, 0.15) is 12.0 Å². The van der Waals surface area contributed by atoms with Gasteiger partial charge in [0.15, 0.2) is 5.71 Å². The molecule has 1 atom stereocenters. The third-order valence-corrected chi connectivity index (χ3v) is 1.84. The fourth-order valence-electron chi connectivity index (χ4n) is 1.06. The molecular weight excluding hydrogens is 164 g/mol. The van der Waals surface area contributed by atoms with E-state index in [0.29, 0.717) is 6.42 Å². The van der Waals surface area contributed by atoms with Crippen LogP contribution < -0.4 is 5.84 Å². The zero-order valence-corrected chi connectivity index (χ0v) is 7.82. The SMILES string of the molecule is CCCCCC(C#N)C(C#N)=NN. The van der Waals surface area contributed by atoms with Crippen molar-refractivity contribution in [2.75, 3.05) is 0 Å². The summed E-state index contributed by atoms with van der Waals surface area (Å²) in [7, 11) is 0. The lowest BCUT2D eigenvalue weighted by atomic mass is 9.98. The van der Waals surface area contributed by atoms with E-state index in [1.165, 1.54) is 0 Å². The van der Waals surface area contributed by atoms with E-state index < -0.39 is 5.92 Å². The summed E-state index contributed by atoms with van der Waals surface area (Å²) < 4.78 is 0. The number of nitrogens with two attached hydrogens (primary N) is 1. The number of unbranched alkanes of at least 4 members (excludes halogenated alkanes) is 2. The van der Waals surface area contributed by atoms with Crippen LogP contribution in [0.25, 0.3) is 0 Å². The second-order valence-corrected chi connectivity index (χ2v) is 2.80. The predicted molar refractivity (Wildman–Crippen MR) is 50.5 cm³/mol. The highest BCUT2D eigenvalue weighted by atomic mass is 15.1. The van der Waals surface area contributed by atoms with Crippen molar-refractivity contribution in [3.8, 4) is 12.1 Å². The van der Waals surface area contributed by atoms with Crippen LogP contribution >= 0.6 is 0 Å². The topological polar surface area (TPSA) is 86.0 Å². The molecule has 0 saturated heterocycles. The molecule has 0 radical (unpaired) electrons. The number of hydrogen-bond donors (Lipinski definition) is 1. The Morgan fingerprint density at radius 1 is 1.46 bits per heavy atom. The first kappa shape index (κ1) is 11.4. The van der Waals surface area contributed by atoms with E-state index in [9.17, 15) is 0 Å². The second kappa shape index (κ2) is 7.12. The summed E-state index contributed by atoms with van der Waals surface area (Å²) in [5.41, 5.74) is 0.138. The Bertz CT molecular complexity index is 243. The van der Waals surface area contributed by atoms with E-state index in [2.05, 4.69) is 12.0 Å². The number of hydrazone groups is 1. The summed E-state index contributed by atoms with van der Waals surface area (Å²) in [5, 5.41) is 20.6. The quantitative estimate of drug-likeness (QED) is 0.300. The van der Waals surface area contributed by atoms with E-state index >= 15 is 0 Å². The molecule has 0 spiro atoms. The van der Waals surface area contributed by atoms with Crippen molar-refractivity contribution >= 4 is 5.71 Å². The molecule has 0 aliphatic rings. The van der Waals surface area contributed by atoms with Crippen LogP contribution in [0.4, 0.5) is 0 Å². The smallest absolute Gasteiger partial charge is 0.154 e. The predicted octanol–water partition coefficient (Wildman–Crippen LogP) is 1.54. The molecule has 0 aliphatic heterocycles. The number of nitrogens with zero attached hydrogens (tertiary/aromatic N) is 3. The third kappa shape index (κ3) is 4.12. The molecule has 0 bridgehead atoms. The maximum atomic E-state index is 8.72. The van der Waals surface area contributed by atoms with Gasteiger partial charge in [-0.2, -0.15) is 15.6 Å². The molecule has 0 aliphatic carbocycles. The van der Waals surface area contributed by atoms with Gasteiger partial charge in [-0.25, -0.2) is 0 Å². The molecule has 0 fully saturated rings. The van der Waals surface area contributed by atoms with Crippen molar-refractivity contribution < 1.29 is 0 Å². The Hall–Kier alpha value is -1.55. The highest BCUT2D eigenvalue weighted by molar-refractivity contribution is 6.01. The first-order chi connectivity index (χ1) is 6.29. The van der Waals surface area contributed by atoms with Crippen molar-refractivity contribution in [3.63, 3.8) is 0 Å². The first-order valence-electron chi connectivity index (χ1n) is 4.37. The molecular formula is C9H14N4. The molecule has 1 unspecified atom stereocenters. The van der Waals surface area contributed by atoms with Crippen molar-refractivity contribution in [3.05, 3.63) is 0 Å². The van der Waals surface area contributed by atoms with E-state index in [4.69, 9.17) is 16.4 Å². The number of nitriles is 2. The zero-order valence-electron chi connectivity index (χ0n) is 7.82. The fraction of sp³-hybridized carbons (Fsp3) is 0.667. The average molecular weight is 178 g/mol. The van der Waals surface area contributed by atoms with E-state index in [-0.39, 0.29) is 5.71 Å². The van der Waals surface area contributed by atoms with Crippen LogP contribution in [0.15, 0.2) is 5.10 Å². The van der Waals surface area contributed by atoms with Gasteiger partial charge in [-0.1, -0.05) is 26.2 Å². The van der Waals surface area contributed by atoms with Gasteiger partial charge >= 0.3 is 0 Å². The van der Waals surface area contributed by atoms with Crippen LogP contribution in [0, 0.1) is 28.6 Å². The lowest BCUT2D eigenvalue weighted by molar-refractivity contribution is 0.635. The minimum atomic E-state index is -0.429. The molecule has 0 aromatic carbocycles. The summed E-state index contributed by atoms with van der Waals surface area (Å²) >= 11 is 0. The van der Waals surface area contributed by atoms with Crippen LogP contribution in [-0.2, 0) is 0 Å². The summed E-state index contributed by atoms with van der Waals surface area (Å²) in [6, 6.07) is 3.86. The Labute approximate surface area is 78.6 Å². The van der Waals surface area contributed by atoms with Crippen LogP contribution in [0.1, 0.15) is 32.6 Å². The van der Waals surface area contributed by atoms with Crippen LogP contribution in [0.3, 0.4) is 0 Å². The Kier molecular flexibility index (Phi) is 6.27. The molecule has 0 aromatic heterocycles. The normalized spacial score (nSPS) is 13.0. The van der Waals surface area contributed by atoms with Crippen molar-refractivity contribution in [1.29, 1.82) is 10.5 Å². The first-order valence-corrected chi connectivity index (χ1v) is 4.37. The van der Waals surface area contributed by atoms with Gasteiger partial charge in [0.25, 0.3) is 0 Å². The van der Waals surface area contributed by atoms with Gasteiger partial charge in [0.05, 0.1) is 6.07 Å². The van der Waals surface area contributed by atoms with Crippen molar-refractivity contribution in [1.82, 2.24) is 0 Å². The minimum Gasteiger partial charge on any atom is -0.322 e. The maximum absolute atomic E-state index is 8.72. The molecule has 13 heavy (non-hydrogen) atoms. The molecule has 0 amide bonds. The van der Waals surface area contributed by atoms with Gasteiger partial charge in [0.2, 0.25) is 0 Å². The molecule has 70 valence electrons. The summed E-state index contributed by atoms with van der Waals surface area (Å²) in [6.07, 6.45) is 3.78. The Morgan fingerprint density at radius 2 is 2.15 bits per heavy atom.